The number of carbonyl (C=O) groups is 2. The number of rotatable bonds is 9. The first-order valence-electron chi connectivity index (χ1n) is 10.5. The van der Waals surface area contributed by atoms with E-state index in [4.69, 9.17) is 9.47 Å². The van der Waals surface area contributed by atoms with Crippen LogP contribution in [0, 0.1) is 17.8 Å². The Kier molecular flexibility index (Phi) is 6.81. The average Bonchev–Trinajstić information content (AvgIpc) is 3.31. The van der Waals surface area contributed by atoms with Crippen LogP contribution in [-0.2, 0) is 4.79 Å². The number of nitrogens with one attached hydrogen (secondary N) is 2. The van der Waals surface area contributed by atoms with Gasteiger partial charge < -0.3 is 20.1 Å². The number of amides is 2. The quantitative estimate of drug-likeness (QED) is 0.681. The average molecular weight is 389 g/mol. The summed E-state index contributed by atoms with van der Waals surface area (Å²) in [6.07, 6.45) is 5.20. The molecule has 1 aromatic carbocycles. The molecule has 6 heteroatoms. The highest BCUT2D eigenvalue weighted by Gasteiger charge is 2.42. The molecule has 2 amide bonds. The lowest BCUT2D eigenvalue weighted by Gasteiger charge is -2.28. The summed E-state index contributed by atoms with van der Waals surface area (Å²) in [6.45, 7) is 6.84. The van der Waals surface area contributed by atoms with Gasteiger partial charge in [-0.15, -0.1) is 0 Å². The van der Waals surface area contributed by atoms with E-state index in [9.17, 15) is 9.59 Å². The molecule has 28 heavy (non-hydrogen) atoms. The van der Waals surface area contributed by atoms with Crippen LogP contribution in [0.3, 0.4) is 0 Å². The molecule has 6 nitrogen and oxygen atoms in total. The summed E-state index contributed by atoms with van der Waals surface area (Å²) in [5, 5.41) is 5.77. The monoisotopic (exact) mass is 388 g/mol. The maximum atomic E-state index is 12.4. The number of carbonyl (C=O) groups excluding carboxylic acids is 2. The Labute approximate surface area is 167 Å². The highest BCUT2D eigenvalue weighted by atomic mass is 16.5. The van der Waals surface area contributed by atoms with E-state index < -0.39 is 0 Å². The first-order chi connectivity index (χ1) is 13.5. The van der Waals surface area contributed by atoms with Gasteiger partial charge in [-0.1, -0.05) is 6.42 Å². The highest BCUT2D eigenvalue weighted by Crippen LogP contribution is 2.49. The molecule has 1 aromatic rings. The van der Waals surface area contributed by atoms with E-state index >= 15 is 0 Å². The molecule has 0 spiro atoms. The van der Waals surface area contributed by atoms with Gasteiger partial charge in [-0.2, -0.15) is 0 Å². The lowest BCUT2D eigenvalue weighted by molar-refractivity contribution is -0.121. The van der Waals surface area contributed by atoms with Gasteiger partial charge in [0.05, 0.1) is 19.8 Å². The second-order valence-corrected chi connectivity index (χ2v) is 7.91. The van der Waals surface area contributed by atoms with Crippen molar-refractivity contribution in [3.05, 3.63) is 23.8 Å². The third-order valence-corrected chi connectivity index (χ3v) is 6.04. The van der Waals surface area contributed by atoms with Gasteiger partial charge >= 0.3 is 0 Å². The molecule has 0 heterocycles. The molecule has 2 N–H and O–H groups in total. The Bertz CT molecular complexity index is 706. The van der Waals surface area contributed by atoms with Gasteiger partial charge in [0.1, 0.15) is 0 Å². The molecular formula is C22H32N2O4. The van der Waals surface area contributed by atoms with E-state index in [-0.39, 0.29) is 24.4 Å². The fourth-order valence-corrected chi connectivity index (χ4v) is 4.77. The van der Waals surface area contributed by atoms with Crippen molar-refractivity contribution < 1.29 is 19.1 Å². The predicted molar refractivity (Wildman–Crippen MR) is 108 cm³/mol. The summed E-state index contributed by atoms with van der Waals surface area (Å²) >= 11 is 0. The van der Waals surface area contributed by atoms with Gasteiger partial charge in [-0.05, 0) is 76.0 Å². The first kappa shape index (κ1) is 20.5. The van der Waals surface area contributed by atoms with Crippen LogP contribution in [0.25, 0.3) is 0 Å². The van der Waals surface area contributed by atoms with Crippen LogP contribution in [0.4, 0.5) is 0 Å². The Morgan fingerprint density at radius 1 is 1.11 bits per heavy atom. The van der Waals surface area contributed by atoms with Gasteiger partial charge in [-0.25, -0.2) is 0 Å². The normalized spacial score (nSPS) is 23.9. The molecule has 2 saturated carbocycles. The fourth-order valence-electron chi connectivity index (χ4n) is 4.77. The zero-order valence-corrected chi connectivity index (χ0v) is 17.1. The van der Waals surface area contributed by atoms with E-state index in [0.717, 1.165) is 11.8 Å². The molecule has 0 radical (unpaired) electrons. The van der Waals surface area contributed by atoms with Crippen molar-refractivity contribution in [3.8, 4) is 11.5 Å². The molecule has 2 bridgehead atoms. The van der Waals surface area contributed by atoms with Crippen LogP contribution >= 0.6 is 0 Å². The highest BCUT2D eigenvalue weighted by molar-refractivity contribution is 5.97. The third-order valence-electron chi connectivity index (χ3n) is 6.04. The smallest absolute Gasteiger partial charge is 0.251 e. The lowest BCUT2D eigenvalue weighted by Crippen LogP contribution is -2.44. The van der Waals surface area contributed by atoms with E-state index in [1.54, 1.807) is 18.2 Å². The number of fused-ring (bicyclic) bond motifs is 2. The van der Waals surface area contributed by atoms with Crippen molar-refractivity contribution >= 4 is 11.8 Å². The Morgan fingerprint density at radius 3 is 2.50 bits per heavy atom. The minimum absolute atomic E-state index is 0.0266. The van der Waals surface area contributed by atoms with Gasteiger partial charge in [0.15, 0.2) is 11.5 Å². The van der Waals surface area contributed by atoms with Gasteiger partial charge in [0.25, 0.3) is 5.91 Å². The Hall–Kier alpha value is -2.24. The van der Waals surface area contributed by atoms with Crippen LogP contribution < -0.4 is 20.1 Å². The van der Waals surface area contributed by atoms with Crippen molar-refractivity contribution in [1.82, 2.24) is 10.6 Å². The van der Waals surface area contributed by atoms with Crippen LogP contribution in [0.1, 0.15) is 56.8 Å². The SMILES string of the molecule is CCOc1ccc(C(=O)NCC(=O)NC(C)C2CC3CCC2C3)cc1OCC. The van der Waals surface area contributed by atoms with Crippen LogP contribution in [0.15, 0.2) is 18.2 Å². The maximum Gasteiger partial charge on any atom is 0.251 e. The topological polar surface area (TPSA) is 76.7 Å². The van der Waals surface area contributed by atoms with E-state index in [1.165, 1.54) is 25.7 Å². The Balaban J connectivity index is 1.50. The molecule has 4 unspecified atom stereocenters. The molecular weight excluding hydrogens is 356 g/mol. The molecule has 0 saturated heterocycles. The molecule has 2 aliphatic carbocycles. The first-order valence-corrected chi connectivity index (χ1v) is 10.5. The Morgan fingerprint density at radius 2 is 1.86 bits per heavy atom. The number of benzene rings is 1. The largest absolute Gasteiger partial charge is 0.490 e. The van der Waals surface area contributed by atoms with E-state index in [1.807, 2.05) is 13.8 Å². The summed E-state index contributed by atoms with van der Waals surface area (Å²) in [5.41, 5.74) is 0.445. The third kappa shape index (κ3) is 4.78. The second-order valence-electron chi connectivity index (χ2n) is 7.91. The summed E-state index contributed by atoms with van der Waals surface area (Å²) in [4.78, 5) is 24.7. The number of hydrogen-bond donors (Lipinski definition) is 2. The molecule has 2 fully saturated rings. The van der Waals surface area contributed by atoms with Crippen molar-refractivity contribution in [2.75, 3.05) is 19.8 Å². The van der Waals surface area contributed by atoms with Crippen LogP contribution in [0.5, 0.6) is 11.5 Å². The standard InChI is InChI=1S/C22H32N2O4/c1-4-27-19-9-8-17(12-20(19)28-5-2)22(26)23-13-21(25)24-14(3)18-11-15-6-7-16(18)10-15/h8-9,12,14-16,18H,4-7,10-11,13H2,1-3H3,(H,23,26)(H,24,25). The van der Waals surface area contributed by atoms with Crippen molar-refractivity contribution in [2.24, 2.45) is 17.8 Å². The fraction of sp³-hybridized carbons (Fsp3) is 0.636. The van der Waals surface area contributed by atoms with Crippen LogP contribution in [0.2, 0.25) is 0 Å². The van der Waals surface area contributed by atoms with Crippen molar-refractivity contribution in [3.63, 3.8) is 0 Å². The second kappa shape index (κ2) is 9.30. The number of hydrogen-bond acceptors (Lipinski definition) is 4. The summed E-state index contributed by atoms with van der Waals surface area (Å²) in [6, 6.07) is 5.22. The van der Waals surface area contributed by atoms with Gasteiger partial charge in [-0.3, -0.25) is 9.59 Å². The molecule has 0 aliphatic heterocycles. The van der Waals surface area contributed by atoms with E-state index in [2.05, 4.69) is 17.6 Å². The molecule has 2 aliphatic rings. The molecule has 4 atom stereocenters. The maximum absolute atomic E-state index is 12.4. The number of ether oxygens (including phenoxy) is 2. The summed E-state index contributed by atoms with van der Waals surface area (Å²) < 4.78 is 11.1. The van der Waals surface area contributed by atoms with Crippen molar-refractivity contribution in [1.29, 1.82) is 0 Å². The summed E-state index contributed by atoms with van der Waals surface area (Å²) in [7, 11) is 0. The molecule has 154 valence electrons. The minimum Gasteiger partial charge on any atom is -0.490 e. The predicted octanol–water partition coefficient (Wildman–Crippen LogP) is 3.15. The van der Waals surface area contributed by atoms with Crippen molar-refractivity contribution in [2.45, 2.75) is 52.5 Å². The lowest BCUT2D eigenvalue weighted by atomic mass is 9.84. The van der Waals surface area contributed by atoms with Gasteiger partial charge in [0, 0.05) is 11.6 Å². The zero-order chi connectivity index (χ0) is 20.1. The minimum atomic E-state index is -0.299. The molecule has 0 aromatic heterocycles. The van der Waals surface area contributed by atoms with Gasteiger partial charge in [0.2, 0.25) is 5.91 Å². The van der Waals surface area contributed by atoms with E-state index in [0.29, 0.717) is 36.2 Å². The zero-order valence-electron chi connectivity index (χ0n) is 17.1. The summed E-state index contributed by atoms with van der Waals surface area (Å²) in [5.74, 6) is 2.90. The van der Waals surface area contributed by atoms with Crippen LogP contribution in [-0.4, -0.2) is 37.6 Å². The molecule has 3 rings (SSSR count).